The zero-order valence-electron chi connectivity index (χ0n) is 16.0. The predicted octanol–water partition coefficient (Wildman–Crippen LogP) is 4.90. The van der Waals surface area contributed by atoms with Crippen molar-refractivity contribution in [3.05, 3.63) is 59.1 Å². The molecule has 1 aromatic heterocycles. The average molecular weight is 415 g/mol. The fraction of sp³-hybridized carbons (Fsp3) is 0.286. The van der Waals surface area contributed by atoms with Crippen molar-refractivity contribution in [3.63, 3.8) is 0 Å². The predicted molar refractivity (Wildman–Crippen MR) is 115 cm³/mol. The van der Waals surface area contributed by atoms with Crippen LogP contribution in [0.4, 0.5) is 0 Å². The summed E-state index contributed by atoms with van der Waals surface area (Å²) < 4.78 is 2.00. The van der Waals surface area contributed by atoms with E-state index in [9.17, 15) is 4.79 Å². The fourth-order valence-electron chi connectivity index (χ4n) is 2.77. The minimum Gasteiger partial charge on any atom is -0.355 e. The molecule has 0 atom stereocenters. The van der Waals surface area contributed by atoms with Gasteiger partial charge in [0.2, 0.25) is 5.91 Å². The van der Waals surface area contributed by atoms with Crippen LogP contribution in [0.5, 0.6) is 0 Å². The molecule has 0 radical (unpaired) electrons. The van der Waals surface area contributed by atoms with Crippen molar-refractivity contribution in [3.8, 4) is 17.1 Å². The molecular weight excluding hydrogens is 392 g/mol. The molecule has 1 amide bonds. The van der Waals surface area contributed by atoms with Crippen LogP contribution in [0, 0.1) is 6.92 Å². The molecule has 1 N–H and O–H groups in total. The molecule has 0 saturated heterocycles. The normalized spacial score (nSPS) is 10.8. The van der Waals surface area contributed by atoms with Gasteiger partial charge >= 0.3 is 0 Å². The van der Waals surface area contributed by atoms with Gasteiger partial charge in [0.1, 0.15) is 0 Å². The van der Waals surface area contributed by atoms with Crippen molar-refractivity contribution in [1.29, 1.82) is 0 Å². The van der Waals surface area contributed by atoms with Gasteiger partial charge in [0, 0.05) is 17.1 Å². The Balaban J connectivity index is 1.91. The smallest absolute Gasteiger partial charge is 0.230 e. The van der Waals surface area contributed by atoms with Crippen molar-refractivity contribution < 1.29 is 4.79 Å². The Labute approximate surface area is 174 Å². The van der Waals surface area contributed by atoms with Crippen molar-refractivity contribution >= 4 is 29.3 Å². The third-order valence-corrected chi connectivity index (χ3v) is 5.46. The van der Waals surface area contributed by atoms with Gasteiger partial charge in [-0.1, -0.05) is 54.9 Å². The zero-order chi connectivity index (χ0) is 19.9. The van der Waals surface area contributed by atoms with Gasteiger partial charge < -0.3 is 5.32 Å². The van der Waals surface area contributed by atoms with Crippen LogP contribution < -0.4 is 5.32 Å². The van der Waals surface area contributed by atoms with Crippen molar-refractivity contribution in [2.75, 3.05) is 12.3 Å². The van der Waals surface area contributed by atoms with Gasteiger partial charge in [0.05, 0.1) is 11.4 Å². The Kier molecular flexibility index (Phi) is 7.12. The third-order valence-electron chi connectivity index (χ3n) is 4.28. The quantitative estimate of drug-likeness (QED) is 0.420. The van der Waals surface area contributed by atoms with Gasteiger partial charge in [-0.05, 0) is 49.2 Å². The SMILES string of the molecule is CCCCNC(=O)CSc1nnc(-c2ccc(Cl)cc2)n1-c1ccccc1C. The molecule has 0 aliphatic heterocycles. The average Bonchev–Trinajstić information content (AvgIpc) is 3.11. The monoisotopic (exact) mass is 414 g/mol. The van der Waals surface area contributed by atoms with E-state index in [4.69, 9.17) is 11.6 Å². The molecule has 0 fully saturated rings. The maximum atomic E-state index is 12.1. The highest BCUT2D eigenvalue weighted by atomic mass is 35.5. The van der Waals surface area contributed by atoms with Gasteiger partial charge in [-0.15, -0.1) is 10.2 Å². The van der Waals surface area contributed by atoms with E-state index in [0.29, 0.717) is 22.5 Å². The number of unbranched alkanes of at least 4 members (excludes halogenated alkanes) is 1. The molecule has 146 valence electrons. The number of carbonyl (C=O) groups excluding carboxylic acids is 1. The number of rotatable bonds is 8. The Morgan fingerprint density at radius 1 is 1.14 bits per heavy atom. The molecule has 3 aromatic rings. The zero-order valence-corrected chi connectivity index (χ0v) is 17.6. The van der Waals surface area contributed by atoms with E-state index in [2.05, 4.69) is 22.4 Å². The van der Waals surface area contributed by atoms with E-state index in [1.165, 1.54) is 11.8 Å². The lowest BCUT2D eigenvalue weighted by molar-refractivity contribution is -0.118. The lowest BCUT2D eigenvalue weighted by Gasteiger charge is -2.13. The van der Waals surface area contributed by atoms with Crippen LogP contribution in [-0.2, 0) is 4.79 Å². The number of hydrogen-bond donors (Lipinski definition) is 1. The highest BCUT2D eigenvalue weighted by Crippen LogP contribution is 2.29. The number of benzene rings is 2. The lowest BCUT2D eigenvalue weighted by atomic mass is 10.1. The second-order valence-corrected chi connectivity index (χ2v) is 7.81. The Hall–Kier alpha value is -2.31. The summed E-state index contributed by atoms with van der Waals surface area (Å²) in [5.74, 6) is 1.03. The molecule has 0 spiro atoms. The molecule has 5 nitrogen and oxygen atoms in total. The minimum atomic E-state index is 0.00539. The summed E-state index contributed by atoms with van der Waals surface area (Å²) >= 11 is 7.42. The van der Waals surface area contributed by atoms with Gasteiger partial charge in [-0.3, -0.25) is 9.36 Å². The Morgan fingerprint density at radius 3 is 2.61 bits per heavy atom. The number of para-hydroxylation sites is 1. The van der Waals surface area contributed by atoms with Gasteiger partial charge in [0.15, 0.2) is 11.0 Å². The first-order chi connectivity index (χ1) is 13.6. The molecule has 3 rings (SSSR count). The maximum Gasteiger partial charge on any atom is 0.230 e. The van der Waals surface area contributed by atoms with Crippen molar-refractivity contribution in [2.45, 2.75) is 31.8 Å². The van der Waals surface area contributed by atoms with E-state index in [1.54, 1.807) is 0 Å². The van der Waals surface area contributed by atoms with Crippen LogP contribution in [0.3, 0.4) is 0 Å². The highest BCUT2D eigenvalue weighted by Gasteiger charge is 2.18. The first kappa shape index (κ1) is 20.4. The lowest BCUT2D eigenvalue weighted by Crippen LogP contribution is -2.26. The van der Waals surface area contributed by atoms with Gasteiger partial charge in [0.25, 0.3) is 0 Å². The largest absolute Gasteiger partial charge is 0.355 e. The second kappa shape index (κ2) is 9.75. The summed E-state index contributed by atoms with van der Waals surface area (Å²) in [5, 5.41) is 13.1. The first-order valence-electron chi connectivity index (χ1n) is 9.27. The molecular formula is C21H23ClN4OS. The third kappa shape index (κ3) is 4.94. The molecule has 2 aromatic carbocycles. The molecule has 0 aliphatic rings. The summed E-state index contributed by atoms with van der Waals surface area (Å²) in [6, 6.07) is 15.6. The minimum absolute atomic E-state index is 0.00539. The number of halogens is 1. The number of nitrogens with zero attached hydrogens (tertiary/aromatic N) is 3. The molecule has 28 heavy (non-hydrogen) atoms. The van der Waals surface area contributed by atoms with E-state index in [-0.39, 0.29) is 5.91 Å². The number of hydrogen-bond acceptors (Lipinski definition) is 4. The van der Waals surface area contributed by atoms with Gasteiger partial charge in [-0.25, -0.2) is 0 Å². The number of amides is 1. The first-order valence-corrected chi connectivity index (χ1v) is 10.6. The maximum absolute atomic E-state index is 12.1. The number of thioether (sulfide) groups is 1. The fourth-order valence-corrected chi connectivity index (χ4v) is 3.67. The van der Waals surface area contributed by atoms with E-state index in [0.717, 1.165) is 35.5 Å². The van der Waals surface area contributed by atoms with Crippen molar-refractivity contribution in [2.24, 2.45) is 0 Å². The summed E-state index contributed by atoms with van der Waals surface area (Å²) in [7, 11) is 0. The summed E-state index contributed by atoms with van der Waals surface area (Å²) in [6.07, 6.45) is 2.04. The van der Waals surface area contributed by atoms with Crippen molar-refractivity contribution in [1.82, 2.24) is 20.1 Å². The molecule has 1 heterocycles. The van der Waals surface area contributed by atoms with Crippen LogP contribution >= 0.6 is 23.4 Å². The summed E-state index contributed by atoms with van der Waals surface area (Å²) in [4.78, 5) is 12.1. The number of aryl methyl sites for hydroxylation is 1. The standard InChI is InChI=1S/C21H23ClN4OS/c1-3-4-13-23-19(27)14-28-21-25-24-20(16-9-11-17(22)12-10-16)26(21)18-8-6-5-7-15(18)2/h5-12H,3-4,13-14H2,1-2H3,(H,23,27). The molecule has 0 saturated carbocycles. The highest BCUT2D eigenvalue weighted by molar-refractivity contribution is 7.99. The molecule has 7 heteroatoms. The van der Waals surface area contributed by atoms with E-state index < -0.39 is 0 Å². The van der Waals surface area contributed by atoms with Gasteiger partial charge in [-0.2, -0.15) is 0 Å². The molecule has 0 unspecified atom stereocenters. The molecule has 0 aliphatic carbocycles. The number of nitrogens with one attached hydrogen (secondary N) is 1. The number of carbonyl (C=O) groups is 1. The van der Waals surface area contributed by atoms with Crippen LogP contribution in [-0.4, -0.2) is 33.0 Å². The molecule has 0 bridgehead atoms. The van der Waals surface area contributed by atoms with E-state index in [1.807, 2.05) is 60.0 Å². The summed E-state index contributed by atoms with van der Waals surface area (Å²) in [5.41, 5.74) is 3.01. The Bertz CT molecular complexity index is 940. The topological polar surface area (TPSA) is 59.8 Å². The van der Waals surface area contributed by atoms with Crippen LogP contribution in [0.25, 0.3) is 17.1 Å². The van der Waals surface area contributed by atoms with Crippen LogP contribution in [0.15, 0.2) is 53.7 Å². The van der Waals surface area contributed by atoms with E-state index >= 15 is 0 Å². The van der Waals surface area contributed by atoms with Crippen LogP contribution in [0.1, 0.15) is 25.3 Å². The van der Waals surface area contributed by atoms with Crippen LogP contribution in [0.2, 0.25) is 5.02 Å². The Morgan fingerprint density at radius 2 is 1.89 bits per heavy atom. The number of aromatic nitrogens is 3. The summed E-state index contributed by atoms with van der Waals surface area (Å²) in [6.45, 7) is 4.85. The second-order valence-electron chi connectivity index (χ2n) is 6.43.